The summed E-state index contributed by atoms with van der Waals surface area (Å²) in [6, 6.07) is 3.43. The minimum absolute atomic E-state index is 0.127. The summed E-state index contributed by atoms with van der Waals surface area (Å²) in [5.74, 6) is 0.0113. The average molecular weight is 317 g/mol. The molecule has 0 heterocycles. The summed E-state index contributed by atoms with van der Waals surface area (Å²) in [4.78, 5) is 9.00. The van der Waals surface area contributed by atoms with Crippen molar-refractivity contribution in [3.63, 3.8) is 0 Å². The highest BCUT2D eigenvalue weighted by Gasteiger charge is 2.11. The van der Waals surface area contributed by atoms with Crippen LogP contribution in [0.4, 0.5) is 0 Å². The van der Waals surface area contributed by atoms with Crippen LogP contribution in [0.5, 0.6) is 11.5 Å². The maximum Gasteiger partial charge on any atom is 0.300 e. The molecule has 0 amide bonds. The van der Waals surface area contributed by atoms with Gasteiger partial charge in [0.1, 0.15) is 0 Å². The molecule has 5 N–H and O–H groups in total. The Hall–Kier alpha value is -2.48. The average Bonchev–Trinajstić information content (AvgIpc) is 2.39. The molecule has 1 aromatic rings. The van der Waals surface area contributed by atoms with Crippen LogP contribution >= 0.6 is 11.6 Å². The number of benzene rings is 1. The molecule has 0 aliphatic rings. The van der Waals surface area contributed by atoms with Crippen LogP contribution in [0.1, 0.15) is 12.5 Å². The molecular formula is C12H17ClN4O4. The molecule has 21 heavy (non-hydrogen) atoms. The van der Waals surface area contributed by atoms with Crippen molar-refractivity contribution in [1.82, 2.24) is 0 Å². The zero-order chi connectivity index (χ0) is 16.4. The lowest BCUT2D eigenvalue weighted by atomic mass is 10.2. The van der Waals surface area contributed by atoms with E-state index in [0.29, 0.717) is 22.1 Å². The summed E-state index contributed by atoms with van der Waals surface area (Å²) in [7, 11) is 3.03. The highest BCUT2D eigenvalue weighted by atomic mass is 35.5. The fraction of sp³-hybridized carbons (Fsp3) is 0.250. The quantitative estimate of drug-likeness (QED) is 0.432. The van der Waals surface area contributed by atoms with E-state index in [1.165, 1.54) is 20.4 Å². The first kappa shape index (κ1) is 18.5. The Morgan fingerprint density at radius 3 is 2.33 bits per heavy atom. The molecule has 1 aromatic carbocycles. The van der Waals surface area contributed by atoms with E-state index in [1.807, 2.05) is 0 Å². The van der Waals surface area contributed by atoms with Gasteiger partial charge in [-0.15, -0.1) is 5.10 Å². The maximum absolute atomic E-state index is 9.00. The summed E-state index contributed by atoms with van der Waals surface area (Å²) >= 11 is 6.10. The number of nitrogens with two attached hydrogens (primary N) is 2. The Morgan fingerprint density at radius 2 is 1.90 bits per heavy atom. The van der Waals surface area contributed by atoms with Crippen molar-refractivity contribution in [2.24, 2.45) is 21.7 Å². The van der Waals surface area contributed by atoms with Gasteiger partial charge < -0.3 is 26.0 Å². The van der Waals surface area contributed by atoms with E-state index in [4.69, 9.17) is 42.4 Å². The summed E-state index contributed by atoms with van der Waals surface area (Å²) in [6.45, 7) is 1.08. The molecule has 8 nitrogen and oxygen atoms in total. The van der Waals surface area contributed by atoms with Crippen molar-refractivity contribution in [2.75, 3.05) is 14.2 Å². The molecule has 0 aliphatic heterocycles. The topological polar surface area (TPSA) is 133 Å². The van der Waals surface area contributed by atoms with Gasteiger partial charge in [-0.25, -0.2) is 0 Å². The van der Waals surface area contributed by atoms with E-state index < -0.39 is 5.97 Å². The van der Waals surface area contributed by atoms with Gasteiger partial charge in [0.25, 0.3) is 5.97 Å². The molecule has 0 saturated carbocycles. The smallest absolute Gasteiger partial charge is 0.300 e. The molecule has 9 heteroatoms. The van der Waals surface area contributed by atoms with Gasteiger partial charge in [-0.05, 0) is 12.1 Å². The lowest BCUT2D eigenvalue weighted by Crippen LogP contribution is -2.21. The van der Waals surface area contributed by atoms with Crippen molar-refractivity contribution in [3.8, 4) is 11.5 Å². The first-order valence-electron chi connectivity index (χ1n) is 5.55. The molecule has 1 rings (SSSR count). The monoisotopic (exact) mass is 316 g/mol. The number of carboxylic acids is 1. The minimum atomic E-state index is -0.833. The first-order chi connectivity index (χ1) is 9.83. The number of carboxylic acid groups (broad SMARTS) is 1. The molecule has 0 aliphatic carbocycles. The standard InChI is InChI=1S/C10H13ClN4O2.C2H4O2/c1-16-7-4-3-6(5-14-15-10(12)13)8(11)9(7)17-2;1-2(3)4/h3-5H,1-2H3,(H4,12,13,15);1H3,(H,3,4). The van der Waals surface area contributed by atoms with Crippen LogP contribution in [0.3, 0.4) is 0 Å². The van der Waals surface area contributed by atoms with E-state index in [1.54, 1.807) is 12.1 Å². The van der Waals surface area contributed by atoms with Crippen LogP contribution in [0.15, 0.2) is 22.3 Å². The van der Waals surface area contributed by atoms with E-state index >= 15 is 0 Å². The zero-order valence-corrected chi connectivity index (χ0v) is 12.6. The summed E-state index contributed by atoms with van der Waals surface area (Å²) in [5, 5.41) is 14.9. The van der Waals surface area contributed by atoms with Crippen LogP contribution in [0, 0.1) is 0 Å². The van der Waals surface area contributed by atoms with Crippen molar-refractivity contribution in [1.29, 1.82) is 0 Å². The summed E-state index contributed by atoms with van der Waals surface area (Å²) in [6.07, 6.45) is 1.42. The number of ether oxygens (including phenoxy) is 2. The van der Waals surface area contributed by atoms with Crippen LogP contribution in [-0.4, -0.2) is 37.5 Å². The fourth-order valence-electron chi connectivity index (χ4n) is 1.16. The molecule has 0 unspecified atom stereocenters. The Kier molecular flexibility index (Phi) is 8.31. The lowest BCUT2D eigenvalue weighted by Gasteiger charge is -2.10. The van der Waals surface area contributed by atoms with Gasteiger partial charge in [-0.2, -0.15) is 5.10 Å². The number of hydrogen-bond donors (Lipinski definition) is 3. The maximum atomic E-state index is 9.00. The van der Waals surface area contributed by atoms with Gasteiger partial charge in [0, 0.05) is 12.5 Å². The van der Waals surface area contributed by atoms with Gasteiger partial charge in [0.2, 0.25) is 5.96 Å². The number of guanidine groups is 1. The Labute approximate surface area is 127 Å². The second kappa shape index (κ2) is 9.43. The molecule has 116 valence electrons. The third-order valence-electron chi connectivity index (χ3n) is 1.88. The molecular weight excluding hydrogens is 300 g/mol. The number of carbonyl (C=O) groups is 1. The SMILES string of the molecule is CC(=O)O.COc1ccc(C=NN=C(N)N)c(Cl)c1OC. The Bertz CT molecular complexity index is 538. The predicted octanol–water partition coefficient (Wildman–Crippen LogP) is 1.06. The number of hydrogen-bond acceptors (Lipinski definition) is 5. The predicted molar refractivity (Wildman–Crippen MR) is 81.3 cm³/mol. The van der Waals surface area contributed by atoms with E-state index in [9.17, 15) is 0 Å². The van der Waals surface area contributed by atoms with Crippen molar-refractivity contribution in [3.05, 3.63) is 22.7 Å². The number of rotatable bonds is 4. The van der Waals surface area contributed by atoms with Crippen molar-refractivity contribution < 1.29 is 19.4 Å². The van der Waals surface area contributed by atoms with Crippen molar-refractivity contribution >= 4 is 29.7 Å². The molecule has 0 atom stereocenters. The van der Waals surface area contributed by atoms with Gasteiger partial charge in [0.05, 0.1) is 25.5 Å². The number of halogens is 1. The molecule has 0 bridgehead atoms. The van der Waals surface area contributed by atoms with Gasteiger partial charge in [-0.3, -0.25) is 4.79 Å². The second-order valence-corrected chi connectivity index (χ2v) is 3.87. The third kappa shape index (κ3) is 7.02. The molecule has 0 fully saturated rings. The zero-order valence-electron chi connectivity index (χ0n) is 11.8. The number of methoxy groups -OCH3 is 2. The summed E-state index contributed by atoms with van der Waals surface area (Å²) in [5.41, 5.74) is 10.9. The van der Waals surface area contributed by atoms with Crippen LogP contribution < -0.4 is 20.9 Å². The Balaban J connectivity index is 0.000000885. The normalized spacial score (nSPS) is 9.52. The summed E-state index contributed by atoms with van der Waals surface area (Å²) < 4.78 is 10.2. The third-order valence-corrected chi connectivity index (χ3v) is 2.27. The minimum Gasteiger partial charge on any atom is -0.493 e. The molecule has 0 spiro atoms. The van der Waals surface area contributed by atoms with Crippen LogP contribution in [-0.2, 0) is 4.79 Å². The lowest BCUT2D eigenvalue weighted by molar-refractivity contribution is -0.134. The molecule has 0 aromatic heterocycles. The van der Waals surface area contributed by atoms with E-state index in [-0.39, 0.29) is 5.96 Å². The fourth-order valence-corrected chi connectivity index (χ4v) is 1.44. The molecule has 0 radical (unpaired) electrons. The first-order valence-corrected chi connectivity index (χ1v) is 5.93. The van der Waals surface area contributed by atoms with Gasteiger partial charge in [-0.1, -0.05) is 11.6 Å². The van der Waals surface area contributed by atoms with Crippen molar-refractivity contribution in [2.45, 2.75) is 6.92 Å². The van der Waals surface area contributed by atoms with Crippen LogP contribution in [0.25, 0.3) is 0 Å². The van der Waals surface area contributed by atoms with Gasteiger partial charge in [0.15, 0.2) is 11.5 Å². The Morgan fingerprint density at radius 1 is 1.33 bits per heavy atom. The second-order valence-electron chi connectivity index (χ2n) is 3.49. The van der Waals surface area contributed by atoms with E-state index in [0.717, 1.165) is 6.92 Å². The highest BCUT2D eigenvalue weighted by Crippen LogP contribution is 2.36. The molecule has 0 saturated heterocycles. The number of aliphatic carboxylic acids is 1. The largest absolute Gasteiger partial charge is 0.493 e. The number of nitrogens with zero attached hydrogens (tertiary/aromatic N) is 2. The highest BCUT2D eigenvalue weighted by molar-refractivity contribution is 6.34. The van der Waals surface area contributed by atoms with Crippen LogP contribution in [0.2, 0.25) is 5.02 Å². The van der Waals surface area contributed by atoms with E-state index in [2.05, 4.69) is 10.2 Å². The van der Waals surface area contributed by atoms with Gasteiger partial charge >= 0.3 is 0 Å².